The summed E-state index contributed by atoms with van der Waals surface area (Å²) in [5, 5.41) is 5.65. The number of nitrogens with zero attached hydrogens (tertiary/aromatic N) is 3. The summed E-state index contributed by atoms with van der Waals surface area (Å²) in [6.07, 6.45) is 9.33. The number of hydrogen-bond donors (Lipinski definition) is 2. The quantitative estimate of drug-likeness (QED) is 0.276. The molecule has 1 aliphatic carbocycles. The second-order valence-corrected chi connectivity index (χ2v) is 10.4. The van der Waals surface area contributed by atoms with Gasteiger partial charge in [0.2, 0.25) is 11.8 Å². The first-order valence-corrected chi connectivity index (χ1v) is 11.8. The van der Waals surface area contributed by atoms with Gasteiger partial charge in [0.25, 0.3) is 5.91 Å². The molecule has 0 radical (unpaired) electrons. The molecule has 1 amide bonds. The molecule has 3 atom stereocenters. The van der Waals surface area contributed by atoms with Crippen LogP contribution >= 0.6 is 22.6 Å². The third-order valence-corrected chi connectivity index (χ3v) is 6.97. The molecular formula is C23H34IN5O2. The van der Waals surface area contributed by atoms with Crippen LogP contribution in [0.5, 0.6) is 0 Å². The van der Waals surface area contributed by atoms with Gasteiger partial charge in [-0.3, -0.25) is 10.1 Å². The lowest BCUT2D eigenvalue weighted by atomic mass is 9.60. The van der Waals surface area contributed by atoms with Gasteiger partial charge in [0, 0.05) is 16.4 Å². The van der Waals surface area contributed by atoms with Gasteiger partial charge in [0.15, 0.2) is 5.88 Å². The molecule has 8 heteroatoms. The predicted octanol–water partition coefficient (Wildman–Crippen LogP) is 4.96. The summed E-state index contributed by atoms with van der Waals surface area (Å²) >= 11 is 2.45. The molecule has 0 spiro atoms. The summed E-state index contributed by atoms with van der Waals surface area (Å²) in [7, 11) is 1.54. The van der Waals surface area contributed by atoms with Gasteiger partial charge in [-0.25, -0.2) is 4.98 Å². The number of aryl methyl sites for hydroxylation is 1. The highest BCUT2D eigenvalue weighted by atomic mass is 127. The van der Waals surface area contributed by atoms with Crippen LogP contribution in [-0.2, 0) is 4.74 Å². The number of amides is 1. The van der Waals surface area contributed by atoms with E-state index < -0.39 is 0 Å². The summed E-state index contributed by atoms with van der Waals surface area (Å²) < 4.78 is 6.87. The van der Waals surface area contributed by atoms with E-state index in [1.54, 1.807) is 14.0 Å². The average Bonchev–Trinajstić information content (AvgIpc) is 2.73. The number of ether oxygens (including phenoxy) is 1. The molecule has 0 saturated carbocycles. The van der Waals surface area contributed by atoms with Crippen molar-refractivity contribution in [3.63, 3.8) is 0 Å². The van der Waals surface area contributed by atoms with E-state index in [0.717, 1.165) is 6.42 Å². The van der Waals surface area contributed by atoms with Crippen LogP contribution in [0.25, 0.3) is 0 Å². The number of rotatable bonds is 8. The summed E-state index contributed by atoms with van der Waals surface area (Å²) in [6, 6.07) is 0. The molecule has 3 unspecified atom stereocenters. The van der Waals surface area contributed by atoms with Crippen LogP contribution in [0.4, 0.5) is 5.95 Å². The molecule has 0 aliphatic heterocycles. The van der Waals surface area contributed by atoms with Crippen molar-refractivity contribution >= 4 is 34.4 Å². The van der Waals surface area contributed by atoms with Crippen LogP contribution in [0, 0.1) is 17.8 Å². The minimum Gasteiger partial charge on any atom is -0.471 e. The number of halogens is 1. The van der Waals surface area contributed by atoms with Crippen LogP contribution in [-0.4, -0.2) is 37.9 Å². The van der Waals surface area contributed by atoms with E-state index in [1.165, 1.54) is 5.57 Å². The van der Waals surface area contributed by atoms with Gasteiger partial charge in [-0.05, 0) is 43.9 Å². The maximum absolute atomic E-state index is 12.0. The van der Waals surface area contributed by atoms with E-state index in [-0.39, 0.29) is 34.6 Å². The van der Waals surface area contributed by atoms with Crippen molar-refractivity contribution in [2.45, 2.75) is 64.9 Å². The van der Waals surface area contributed by atoms with Crippen LogP contribution in [0.15, 0.2) is 35.8 Å². The fraction of sp³-hybridized carbons (Fsp3) is 0.565. The first kappa shape index (κ1) is 25.3. The fourth-order valence-corrected chi connectivity index (χ4v) is 3.80. The molecular weight excluding hydrogens is 505 g/mol. The Morgan fingerprint density at radius 2 is 2.06 bits per heavy atom. The number of allylic oxidation sites excluding steroid dienone is 3. The molecule has 1 heterocycles. The maximum Gasteiger partial charge on any atom is 0.289 e. The van der Waals surface area contributed by atoms with Crippen molar-refractivity contribution in [1.82, 2.24) is 20.3 Å². The lowest BCUT2D eigenvalue weighted by Gasteiger charge is -2.48. The van der Waals surface area contributed by atoms with E-state index >= 15 is 0 Å². The topological polar surface area (TPSA) is 89.0 Å². The number of nitrogens with one attached hydrogen (secondary N) is 2. The zero-order valence-corrected chi connectivity index (χ0v) is 21.9. The van der Waals surface area contributed by atoms with Gasteiger partial charge >= 0.3 is 0 Å². The van der Waals surface area contributed by atoms with Gasteiger partial charge in [-0.2, -0.15) is 9.97 Å². The monoisotopic (exact) mass is 539 g/mol. The lowest BCUT2D eigenvalue weighted by Crippen LogP contribution is -2.45. The Balaban J connectivity index is 2.34. The first-order valence-electron chi connectivity index (χ1n) is 10.6. The largest absolute Gasteiger partial charge is 0.471 e. The molecule has 170 valence electrons. The smallest absolute Gasteiger partial charge is 0.289 e. The standard InChI is InChI=1S/C23H34IN5O2/c1-9-18(28-21-27-15(4)26-19(29-21)20(30)25-8)31-17-12-11-16(14(3)24)13-23(17,7)22(5,6)10-2/h9,11-14,17H,10H2,1-8H3,(H,25,30)(H,26,27,28,29)/b18-9+. The van der Waals surface area contributed by atoms with E-state index in [9.17, 15) is 4.79 Å². The normalized spacial score (nSPS) is 22.5. The zero-order valence-electron chi connectivity index (χ0n) is 19.7. The van der Waals surface area contributed by atoms with Gasteiger partial charge in [0.05, 0.1) is 0 Å². The highest BCUT2D eigenvalue weighted by Crippen LogP contribution is 2.50. The molecule has 2 N–H and O–H groups in total. The second kappa shape index (κ2) is 10.1. The molecule has 1 aromatic rings. The predicted molar refractivity (Wildman–Crippen MR) is 133 cm³/mol. The number of hydrogen-bond acceptors (Lipinski definition) is 6. The number of anilines is 1. The Labute approximate surface area is 199 Å². The lowest BCUT2D eigenvalue weighted by molar-refractivity contribution is -0.00839. The number of aromatic nitrogens is 3. The fourth-order valence-electron chi connectivity index (χ4n) is 3.41. The molecule has 0 saturated heterocycles. The summed E-state index contributed by atoms with van der Waals surface area (Å²) in [6.45, 7) is 14.8. The van der Waals surface area contributed by atoms with Crippen molar-refractivity contribution in [3.8, 4) is 0 Å². The summed E-state index contributed by atoms with van der Waals surface area (Å²) in [5.74, 6) is 0.943. The highest BCUT2D eigenvalue weighted by Gasteiger charge is 2.46. The summed E-state index contributed by atoms with van der Waals surface area (Å²) in [5.41, 5.74) is 1.10. The van der Waals surface area contributed by atoms with Gasteiger partial charge in [-0.15, -0.1) is 0 Å². The highest BCUT2D eigenvalue weighted by molar-refractivity contribution is 14.1. The van der Waals surface area contributed by atoms with Gasteiger partial charge in [-0.1, -0.05) is 68.9 Å². The third kappa shape index (κ3) is 5.64. The molecule has 1 aromatic heterocycles. The van der Waals surface area contributed by atoms with Gasteiger partial charge < -0.3 is 10.1 Å². The Kier molecular flexibility index (Phi) is 8.24. The molecule has 31 heavy (non-hydrogen) atoms. The van der Waals surface area contributed by atoms with Crippen molar-refractivity contribution in [1.29, 1.82) is 0 Å². The van der Waals surface area contributed by atoms with Crippen LogP contribution in [0.3, 0.4) is 0 Å². The van der Waals surface area contributed by atoms with Crippen molar-refractivity contribution < 1.29 is 9.53 Å². The minimum absolute atomic E-state index is 0.00813. The second-order valence-electron chi connectivity index (χ2n) is 8.56. The van der Waals surface area contributed by atoms with Crippen LogP contribution in [0.2, 0.25) is 0 Å². The van der Waals surface area contributed by atoms with Crippen molar-refractivity contribution in [2.24, 2.45) is 10.8 Å². The Hall–Kier alpha value is -1.97. The molecule has 7 nitrogen and oxygen atoms in total. The number of carbonyl (C=O) groups excluding carboxylic acids is 1. The first-order chi connectivity index (χ1) is 14.5. The molecule has 0 aromatic carbocycles. The molecule has 2 rings (SSSR count). The Morgan fingerprint density at radius 3 is 2.61 bits per heavy atom. The van der Waals surface area contributed by atoms with E-state index in [1.807, 2.05) is 13.0 Å². The van der Waals surface area contributed by atoms with Crippen molar-refractivity contribution in [3.05, 3.63) is 47.4 Å². The minimum atomic E-state index is -0.366. The van der Waals surface area contributed by atoms with Crippen LogP contribution < -0.4 is 10.6 Å². The number of carbonyl (C=O) groups is 1. The van der Waals surface area contributed by atoms with Crippen LogP contribution in [0.1, 0.15) is 64.4 Å². The van der Waals surface area contributed by atoms with Crippen molar-refractivity contribution in [2.75, 3.05) is 12.4 Å². The Morgan fingerprint density at radius 1 is 1.39 bits per heavy atom. The average molecular weight is 539 g/mol. The SMILES string of the molecule is C/C=C(\Nc1nc(C)nc(C(=O)NC)n1)OC1C=CC(C(C)I)=CC1(C)C(C)(C)CC. The Bertz CT molecular complexity index is 907. The third-order valence-electron chi connectivity index (χ3n) is 6.25. The van der Waals surface area contributed by atoms with E-state index in [2.05, 4.69) is 101 Å². The van der Waals surface area contributed by atoms with E-state index in [4.69, 9.17) is 4.74 Å². The number of alkyl halides is 1. The molecule has 1 aliphatic rings. The summed E-state index contributed by atoms with van der Waals surface area (Å²) in [4.78, 5) is 24.6. The molecule has 0 fully saturated rings. The van der Waals surface area contributed by atoms with E-state index in [0.29, 0.717) is 15.6 Å². The maximum atomic E-state index is 12.0. The molecule has 0 bridgehead atoms. The van der Waals surface area contributed by atoms with Gasteiger partial charge in [0.1, 0.15) is 11.9 Å². The zero-order chi connectivity index (χ0) is 23.4.